The predicted molar refractivity (Wildman–Crippen MR) is 70.5 cm³/mol. The van der Waals surface area contributed by atoms with Crippen LogP contribution in [0.25, 0.3) is 0 Å². The minimum Gasteiger partial charge on any atom is -0.443 e. The fourth-order valence-corrected chi connectivity index (χ4v) is 1.66. The van der Waals surface area contributed by atoms with Gasteiger partial charge in [-0.3, -0.25) is 0 Å². The van der Waals surface area contributed by atoms with E-state index in [1.165, 1.54) is 5.01 Å². The summed E-state index contributed by atoms with van der Waals surface area (Å²) >= 11 is 0. The lowest BCUT2D eigenvalue weighted by molar-refractivity contribution is 0.0136. The first-order valence-corrected chi connectivity index (χ1v) is 6.58. The molecule has 2 N–H and O–H groups in total. The van der Waals surface area contributed by atoms with Crippen LogP contribution in [0.5, 0.6) is 0 Å². The van der Waals surface area contributed by atoms with Crippen LogP contribution >= 0.6 is 0 Å². The number of nitrogens with two attached hydrogens (primary N) is 1. The standard InChI is InChI=1S/C13H28N2O2/c1-6-8-10-11(9-7-2)15(14)12(16)17-13(3,4)5/h11H,6-10,14H2,1-5H3. The van der Waals surface area contributed by atoms with Crippen molar-refractivity contribution in [2.75, 3.05) is 0 Å². The molecule has 0 aliphatic carbocycles. The number of hydrazine groups is 1. The number of carbonyl (C=O) groups is 1. The number of hydrogen-bond acceptors (Lipinski definition) is 3. The highest BCUT2D eigenvalue weighted by molar-refractivity contribution is 5.67. The monoisotopic (exact) mass is 244 g/mol. The number of unbranched alkanes of at least 4 members (excludes halogenated alkanes) is 1. The van der Waals surface area contributed by atoms with Crippen LogP contribution in [-0.2, 0) is 4.74 Å². The van der Waals surface area contributed by atoms with Gasteiger partial charge in [0.1, 0.15) is 5.60 Å². The summed E-state index contributed by atoms with van der Waals surface area (Å²) in [6, 6.07) is 0.0924. The quantitative estimate of drug-likeness (QED) is 0.442. The van der Waals surface area contributed by atoms with Crippen molar-refractivity contribution < 1.29 is 9.53 Å². The molecule has 0 bridgehead atoms. The summed E-state index contributed by atoms with van der Waals surface area (Å²) in [7, 11) is 0. The Morgan fingerprint density at radius 2 is 1.82 bits per heavy atom. The highest BCUT2D eigenvalue weighted by Gasteiger charge is 2.25. The van der Waals surface area contributed by atoms with E-state index in [2.05, 4.69) is 13.8 Å². The summed E-state index contributed by atoms with van der Waals surface area (Å²) in [6.45, 7) is 9.78. The zero-order chi connectivity index (χ0) is 13.5. The molecule has 0 saturated heterocycles. The smallest absolute Gasteiger partial charge is 0.424 e. The van der Waals surface area contributed by atoms with Crippen molar-refractivity contribution >= 4 is 6.09 Å². The molecule has 0 radical (unpaired) electrons. The highest BCUT2D eigenvalue weighted by atomic mass is 16.6. The Morgan fingerprint density at radius 3 is 2.24 bits per heavy atom. The normalized spacial score (nSPS) is 13.3. The minimum atomic E-state index is -0.490. The van der Waals surface area contributed by atoms with E-state index in [4.69, 9.17) is 10.6 Å². The van der Waals surface area contributed by atoms with Gasteiger partial charge in [-0.15, -0.1) is 0 Å². The Bertz CT molecular complexity index is 224. The molecule has 4 heteroatoms. The average Bonchev–Trinajstić information content (AvgIpc) is 2.20. The van der Waals surface area contributed by atoms with Gasteiger partial charge in [0.05, 0.1) is 6.04 Å². The van der Waals surface area contributed by atoms with Crippen molar-refractivity contribution in [3.63, 3.8) is 0 Å². The first-order valence-electron chi connectivity index (χ1n) is 6.58. The third kappa shape index (κ3) is 7.21. The molecule has 102 valence electrons. The van der Waals surface area contributed by atoms with E-state index in [-0.39, 0.29) is 6.04 Å². The second-order valence-electron chi connectivity index (χ2n) is 5.47. The third-order valence-corrected chi connectivity index (χ3v) is 2.51. The van der Waals surface area contributed by atoms with Gasteiger partial charge in [0.15, 0.2) is 0 Å². The van der Waals surface area contributed by atoms with Crippen LogP contribution in [0.4, 0.5) is 4.79 Å². The lowest BCUT2D eigenvalue weighted by atomic mass is 10.1. The minimum absolute atomic E-state index is 0.0924. The van der Waals surface area contributed by atoms with Gasteiger partial charge in [-0.25, -0.2) is 15.6 Å². The van der Waals surface area contributed by atoms with Gasteiger partial charge in [-0.1, -0.05) is 33.1 Å². The van der Waals surface area contributed by atoms with Crippen LogP contribution in [0.3, 0.4) is 0 Å². The lowest BCUT2D eigenvalue weighted by Gasteiger charge is -2.30. The van der Waals surface area contributed by atoms with E-state index < -0.39 is 11.7 Å². The molecule has 0 rings (SSSR count). The lowest BCUT2D eigenvalue weighted by Crippen LogP contribution is -2.47. The van der Waals surface area contributed by atoms with Crippen molar-refractivity contribution in [3.8, 4) is 0 Å². The summed E-state index contributed by atoms with van der Waals surface area (Å²) in [5, 5.41) is 1.27. The largest absolute Gasteiger partial charge is 0.443 e. The Morgan fingerprint density at radius 1 is 1.24 bits per heavy atom. The van der Waals surface area contributed by atoms with E-state index >= 15 is 0 Å². The Balaban J connectivity index is 4.37. The van der Waals surface area contributed by atoms with Crippen molar-refractivity contribution in [1.82, 2.24) is 5.01 Å². The molecule has 4 nitrogen and oxygen atoms in total. The summed E-state index contributed by atoms with van der Waals surface area (Å²) in [5.74, 6) is 5.85. The molecule has 1 atom stereocenters. The van der Waals surface area contributed by atoms with Gasteiger partial charge in [0.25, 0.3) is 0 Å². The zero-order valence-corrected chi connectivity index (χ0v) is 12.0. The molecule has 0 saturated carbocycles. The van der Waals surface area contributed by atoms with E-state index in [0.29, 0.717) is 0 Å². The van der Waals surface area contributed by atoms with Crippen LogP contribution in [0.2, 0.25) is 0 Å². The fourth-order valence-electron chi connectivity index (χ4n) is 1.66. The molecule has 17 heavy (non-hydrogen) atoms. The molecular weight excluding hydrogens is 216 g/mol. The first kappa shape index (κ1) is 16.2. The van der Waals surface area contributed by atoms with Crippen LogP contribution in [-0.4, -0.2) is 22.7 Å². The number of ether oxygens (including phenoxy) is 1. The topological polar surface area (TPSA) is 55.6 Å². The van der Waals surface area contributed by atoms with Crippen molar-refractivity contribution in [1.29, 1.82) is 0 Å². The highest BCUT2D eigenvalue weighted by Crippen LogP contribution is 2.15. The second-order valence-corrected chi connectivity index (χ2v) is 5.47. The van der Waals surface area contributed by atoms with Gasteiger partial charge in [0.2, 0.25) is 0 Å². The van der Waals surface area contributed by atoms with Gasteiger partial charge >= 0.3 is 6.09 Å². The van der Waals surface area contributed by atoms with Crippen LogP contribution in [0.15, 0.2) is 0 Å². The van der Waals surface area contributed by atoms with Crippen molar-refractivity contribution in [2.24, 2.45) is 5.84 Å². The first-order chi connectivity index (χ1) is 7.81. The number of rotatable bonds is 6. The summed E-state index contributed by atoms with van der Waals surface area (Å²) in [6.07, 6.45) is 4.66. The number of hydrogen-bond donors (Lipinski definition) is 1. The molecule has 1 amide bonds. The summed E-state index contributed by atoms with van der Waals surface area (Å²) in [5.41, 5.74) is -0.490. The second kappa shape index (κ2) is 7.54. The Labute approximate surface area is 105 Å². The molecule has 0 heterocycles. The predicted octanol–water partition coefficient (Wildman–Crippen LogP) is 3.46. The summed E-state index contributed by atoms with van der Waals surface area (Å²) < 4.78 is 5.27. The van der Waals surface area contributed by atoms with Crippen LogP contribution < -0.4 is 5.84 Å². The molecular formula is C13H28N2O2. The van der Waals surface area contributed by atoms with Gasteiger partial charge in [0, 0.05) is 0 Å². The maximum atomic E-state index is 11.8. The fraction of sp³-hybridized carbons (Fsp3) is 0.923. The molecule has 0 aliphatic rings. The molecule has 0 fully saturated rings. The van der Waals surface area contributed by atoms with Crippen molar-refractivity contribution in [2.45, 2.75) is 78.4 Å². The maximum absolute atomic E-state index is 11.8. The van der Waals surface area contributed by atoms with E-state index in [9.17, 15) is 4.79 Å². The van der Waals surface area contributed by atoms with Gasteiger partial charge in [-0.2, -0.15) is 0 Å². The number of carbonyl (C=O) groups excluding carboxylic acids is 1. The van der Waals surface area contributed by atoms with E-state index in [1.54, 1.807) is 0 Å². The van der Waals surface area contributed by atoms with Gasteiger partial charge in [-0.05, 0) is 33.6 Å². The van der Waals surface area contributed by atoms with E-state index in [1.807, 2.05) is 20.8 Å². The van der Waals surface area contributed by atoms with Crippen LogP contribution in [0.1, 0.15) is 66.7 Å². The molecule has 0 aromatic heterocycles. The maximum Gasteiger partial charge on any atom is 0.424 e. The Hall–Kier alpha value is -0.770. The number of amides is 1. The molecule has 0 aromatic rings. The van der Waals surface area contributed by atoms with Crippen molar-refractivity contribution in [3.05, 3.63) is 0 Å². The molecule has 1 unspecified atom stereocenters. The third-order valence-electron chi connectivity index (χ3n) is 2.51. The Kier molecular flexibility index (Phi) is 7.19. The molecule has 0 aliphatic heterocycles. The molecule has 0 aromatic carbocycles. The SMILES string of the molecule is CCCCC(CCC)N(N)C(=O)OC(C)(C)C. The number of nitrogens with zero attached hydrogens (tertiary/aromatic N) is 1. The van der Waals surface area contributed by atoms with Gasteiger partial charge < -0.3 is 4.74 Å². The zero-order valence-electron chi connectivity index (χ0n) is 12.0. The summed E-state index contributed by atoms with van der Waals surface area (Å²) in [4.78, 5) is 11.8. The van der Waals surface area contributed by atoms with E-state index in [0.717, 1.165) is 32.1 Å². The molecule has 0 spiro atoms. The average molecular weight is 244 g/mol. The van der Waals surface area contributed by atoms with Crippen LogP contribution in [0, 0.1) is 0 Å².